The molecule has 0 aliphatic carbocycles. The van der Waals surface area contributed by atoms with E-state index < -0.39 is 0 Å². The summed E-state index contributed by atoms with van der Waals surface area (Å²) in [6.45, 7) is 7.00. The van der Waals surface area contributed by atoms with Crippen LogP contribution in [0.4, 0.5) is 0 Å². The van der Waals surface area contributed by atoms with Crippen LogP contribution in [0.25, 0.3) is 0 Å². The molecule has 3 atom stereocenters. The van der Waals surface area contributed by atoms with E-state index in [2.05, 4.69) is 24.4 Å². The lowest BCUT2D eigenvalue weighted by Crippen LogP contribution is -2.53. The molecule has 2 aliphatic rings. The Bertz CT molecular complexity index is 503. The average molecular weight is 274 g/mol. The molecule has 3 rings (SSSR count). The second-order valence-corrected chi connectivity index (χ2v) is 5.87. The number of fused-ring (bicyclic) bond motifs is 1. The topological polar surface area (TPSA) is 41.6 Å². The van der Waals surface area contributed by atoms with E-state index in [-0.39, 0.29) is 24.0 Å². The summed E-state index contributed by atoms with van der Waals surface area (Å²) in [6.07, 6.45) is 0.127. The molecule has 0 aromatic heterocycles. The predicted molar refractivity (Wildman–Crippen MR) is 77.5 cm³/mol. The summed E-state index contributed by atoms with van der Waals surface area (Å²) >= 11 is 0. The molecule has 4 heteroatoms. The lowest BCUT2D eigenvalue weighted by molar-refractivity contribution is -0.144. The molecule has 2 heterocycles. The largest absolute Gasteiger partial charge is 0.375 e. The Morgan fingerprint density at radius 3 is 3.00 bits per heavy atom. The molecule has 0 radical (unpaired) electrons. The van der Waals surface area contributed by atoms with Crippen molar-refractivity contribution in [3.63, 3.8) is 0 Å². The Labute approximate surface area is 120 Å². The first-order valence-electron chi connectivity index (χ1n) is 7.37. The van der Waals surface area contributed by atoms with Gasteiger partial charge in [-0.2, -0.15) is 0 Å². The molecule has 4 nitrogen and oxygen atoms in total. The minimum atomic E-state index is -0.0623. The van der Waals surface area contributed by atoms with E-state index in [1.54, 1.807) is 0 Å². The highest BCUT2D eigenvalue weighted by molar-refractivity contribution is 5.85. The van der Waals surface area contributed by atoms with Crippen molar-refractivity contribution in [2.24, 2.45) is 0 Å². The second-order valence-electron chi connectivity index (χ2n) is 5.87. The molecular formula is C16H22N2O2. The van der Waals surface area contributed by atoms with Crippen LogP contribution in [0.3, 0.4) is 0 Å². The SMILES string of the molecule is CC1CN(C(=O)C2CNCc3ccccc32)C(C)CO1. The minimum absolute atomic E-state index is 0.0623. The maximum atomic E-state index is 12.9. The molecule has 108 valence electrons. The first-order chi connectivity index (χ1) is 9.66. The Morgan fingerprint density at radius 2 is 2.15 bits per heavy atom. The van der Waals surface area contributed by atoms with Crippen molar-refractivity contribution in [2.45, 2.75) is 38.5 Å². The van der Waals surface area contributed by atoms with Crippen molar-refractivity contribution >= 4 is 5.91 Å². The molecule has 1 amide bonds. The number of nitrogens with one attached hydrogen (secondary N) is 1. The van der Waals surface area contributed by atoms with E-state index in [9.17, 15) is 4.79 Å². The van der Waals surface area contributed by atoms with Gasteiger partial charge in [0.2, 0.25) is 5.91 Å². The third-order valence-corrected chi connectivity index (χ3v) is 4.28. The van der Waals surface area contributed by atoms with Gasteiger partial charge in [0.15, 0.2) is 0 Å². The number of carbonyl (C=O) groups is 1. The summed E-state index contributed by atoms with van der Waals surface area (Å²) in [6, 6.07) is 8.41. The van der Waals surface area contributed by atoms with Crippen LogP contribution < -0.4 is 5.32 Å². The molecule has 1 N–H and O–H groups in total. The van der Waals surface area contributed by atoms with E-state index in [1.165, 1.54) is 11.1 Å². The van der Waals surface area contributed by atoms with E-state index in [0.717, 1.165) is 13.1 Å². The molecule has 2 aliphatic heterocycles. The molecule has 0 spiro atoms. The smallest absolute Gasteiger partial charge is 0.231 e. The lowest BCUT2D eigenvalue weighted by atomic mass is 9.89. The third kappa shape index (κ3) is 2.45. The van der Waals surface area contributed by atoms with Crippen LogP contribution in [-0.4, -0.2) is 42.6 Å². The van der Waals surface area contributed by atoms with Crippen LogP contribution in [0.1, 0.15) is 30.9 Å². The maximum Gasteiger partial charge on any atom is 0.231 e. The van der Waals surface area contributed by atoms with Crippen LogP contribution in [0.15, 0.2) is 24.3 Å². The fourth-order valence-corrected chi connectivity index (χ4v) is 3.13. The van der Waals surface area contributed by atoms with Crippen LogP contribution >= 0.6 is 0 Å². The number of hydrogen-bond acceptors (Lipinski definition) is 3. The van der Waals surface area contributed by atoms with Crippen molar-refractivity contribution < 1.29 is 9.53 Å². The van der Waals surface area contributed by atoms with Crippen molar-refractivity contribution in [1.29, 1.82) is 0 Å². The number of hydrogen-bond donors (Lipinski definition) is 1. The second kappa shape index (κ2) is 5.54. The number of ether oxygens (including phenoxy) is 1. The summed E-state index contributed by atoms with van der Waals surface area (Å²) in [5.74, 6) is 0.167. The number of carbonyl (C=O) groups excluding carboxylic acids is 1. The number of nitrogens with zero attached hydrogens (tertiary/aromatic N) is 1. The quantitative estimate of drug-likeness (QED) is 0.844. The van der Waals surface area contributed by atoms with Gasteiger partial charge in [-0.3, -0.25) is 4.79 Å². The third-order valence-electron chi connectivity index (χ3n) is 4.28. The monoisotopic (exact) mass is 274 g/mol. The molecule has 1 saturated heterocycles. The van der Waals surface area contributed by atoms with Gasteiger partial charge in [0, 0.05) is 19.6 Å². The number of amides is 1. The standard InChI is InChI=1S/C16H22N2O2/c1-11-10-20-12(2)9-18(11)16(19)15-8-17-7-13-5-3-4-6-14(13)15/h3-6,11-12,15,17H,7-10H2,1-2H3. The molecule has 1 fully saturated rings. The zero-order valence-electron chi connectivity index (χ0n) is 12.1. The van der Waals surface area contributed by atoms with Crippen molar-refractivity contribution in [2.75, 3.05) is 19.7 Å². The van der Waals surface area contributed by atoms with Gasteiger partial charge >= 0.3 is 0 Å². The van der Waals surface area contributed by atoms with E-state index in [4.69, 9.17) is 4.74 Å². The molecule has 1 aromatic carbocycles. The maximum absolute atomic E-state index is 12.9. The van der Waals surface area contributed by atoms with Crippen LogP contribution in [0.2, 0.25) is 0 Å². The number of benzene rings is 1. The molecule has 0 saturated carbocycles. The summed E-state index contributed by atoms with van der Waals surface area (Å²) in [5, 5.41) is 3.36. The highest BCUT2D eigenvalue weighted by atomic mass is 16.5. The predicted octanol–water partition coefficient (Wildman–Crippen LogP) is 1.51. The van der Waals surface area contributed by atoms with Gasteiger partial charge in [0.25, 0.3) is 0 Å². The molecule has 20 heavy (non-hydrogen) atoms. The zero-order valence-corrected chi connectivity index (χ0v) is 12.1. The van der Waals surface area contributed by atoms with Gasteiger partial charge in [0.05, 0.1) is 24.7 Å². The number of rotatable bonds is 1. The van der Waals surface area contributed by atoms with Gasteiger partial charge in [-0.25, -0.2) is 0 Å². The van der Waals surface area contributed by atoms with Crippen molar-refractivity contribution in [3.8, 4) is 0 Å². The van der Waals surface area contributed by atoms with Gasteiger partial charge in [-0.1, -0.05) is 24.3 Å². The molecular weight excluding hydrogens is 252 g/mol. The summed E-state index contributed by atoms with van der Waals surface area (Å²) in [7, 11) is 0. The Hall–Kier alpha value is -1.39. The highest BCUT2D eigenvalue weighted by Crippen LogP contribution is 2.27. The van der Waals surface area contributed by atoms with Crippen LogP contribution in [0, 0.1) is 0 Å². The van der Waals surface area contributed by atoms with Gasteiger partial charge in [-0.15, -0.1) is 0 Å². The van der Waals surface area contributed by atoms with E-state index in [0.29, 0.717) is 13.2 Å². The fraction of sp³-hybridized carbons (Fsp3) is 0.562. The molecule has 3 unspecified atom stereocenters. The lowest BCUT2D eigenvalue weighted by Gasteiger charge is -2.39. The zero-order chi connectivity index (χ0) is 14.1. The first-order valence-corrected chi connectivity index (χ1v) is 7.37. The summed E-state index contributed by atoms with van der Waals surface area (Å²) in [5.41, 5.74) is 2.42. The Kier molecular flexibility index (Phi) is 3.76. The normalized spacial score (nSPS) is 29.9. The molecule has 1 aromatic rings. The summed E-state index contributed by atoms with van der Waals surface area (Å²) in [4.78, 5) is 14.9. The van der Waals surface area contributed by atoms with Crippen LogP contribution in [-0.2, 0) is 16.1 Å². The first kappa shape index (κ1) is 13.6. The van der Waals surface area contributed by atoms with Gasteiger partial charge < -0.3 is 15.0 Å². The number of morpholine rings is 1. The summed E-state index contributed by atoms with van der Waals surface area (Å²) < 4.78 is 5.62. The Morgan fingerprint density at radius 1 is 1.35 bits per heavy atom. The van der Waals surface area contributed by atoms with Crippen molar-refractivity contribution in [1.82, 2.24) is 10.2 Å². The van der Waals surface area contributed by atoms with E-state index in [1.807, 2.05) is 24.0 Å². The van der Waals surface area contributed by atoms with Crippen LogP contribution in [0.5, 0.6) is 0 Å². The van der Waals surface area contributed by atoms with Gasteiger partial charge in [0.1, 0.15) is 0 Å². The van der Waals surface area contributed by atoms with E-state index >= 15 is 0 Å². The average Bonchev–Trinajstić information content (AvgIpc) is 2.48. The molecule has 0 bridgehead atoms. The Balaban J connectivity index is 1.84. The fourth-order valence-electron chi connectivity index (χ4n) is 3.13. The van der Waals surface area contributed by atoms with Crippen molar-refractivity contribution in [3.05, 3.63) is 35.4 Å². The van der Waals surface area contributed by atoms with Gasteiger partial charge in [-0.05, 0) is 25.0 Å². The highest BCUT2D eigenvalue weighted by Gasteiger charge is 2.34. The minimum Gasteiger partial charge on any atom is -0.375 e.